The number of benzene rings is 1. The maximum Gasteiger partial charge on any atom is 0.243 e. The fraction of sp³-hybridized carbons (Fsp3) is 0.294. The molecule has 1 aliphatic heterocycles. The highest BCUT2D eigenvalue weighted by Gasteiger charge is 2.29. The third kappa shape index (κ3) is 3.10. The summed E-state index contributed by atoms with van der Waals surface area (Å²) >= 11 is 3.33. The predicted molar refractivity (Wildman–Crippen MR) is 103 cm³/mol. The maximum absolute atomic E-state index is 12.8. The minimum Gasteiger partial charge on any atom is -0.352 e. The van der Waals surface area contributed by atoms with Crippen LogP contribution in [-0.4, -0.2) is 53.5 Å². The van der Waals surface area contributed by atoms with Gasteiger partial charge in [0.1, 0.15) is 5.52 Å². The van der Waals surface area contributed by atoms with Crippen LogP contribution in [0.5, 0.6) is 0 Å². The van der Waals surface area contributed by atoms with E-state index in [0.29, 0.717) is 31.1 Å². The zero-order valence-corrected chi connectivity index (χ0v) is 16.6. The lowest BCUT2D eigenvalue weighted by atomic mass is 10.3. The number of hydrogen-bond donors (Lipinski definition) is 0. The molecule has 0 radical (unpaired) electrons. The fourth-order valence-corrected chi connectivity index (χ4v) is 4.86. The Labute approximate surface area is 160 Å². The van der Waals surface area contributed by atoms with Crippen LogP contribution in [0.15, 0.2) is 52.1 Å². The summed E-state index contributed by atoms with van der Waals surface area (Å²) in [6, 6.07) is 8.74. The Morgan fingerprint density at radius 1 is 1.08 bits per heavy atom. The van der Waals surface area contributed by atoms with Crippen molar-refractivity contribution in [2.75, 3.05) is 31.1 Å². The highest BCUT2D eigenvalue weighted by atomic mass is 79.9. The van der Waals surface area contributed by atoms with Crippen molar-refractivity contribution in [1.82, 2.24) is 18.9 Å². The van der Waals surface area contributed by atoms with Crippen LogP contribution in [-0.2, 0) is 10.0 Å². The summed E-state index contributed by atoms with van der Waals surface area (Å²) in [5, 5.41) is 4.41. The molecular weight excluding hydrogens is 418 g/mol. The first-order chi connectivity index (χ1) is 12.4. The Balaban J connectivity index is 1.54. The van der Waals surface area contributed by atoms with Gasteiger partial charge in [0.25, 0.3) is 0 Å². The molecule has 0 aliphatic carbocycles. The standard InChI is InChI=1S/C17H18BrN5O2S/c1-13-12-16-17(19-6-7-23(16)20-13)21-8-10-22(11-9-21)26(24,25)15-4-2-14(18)3-5-15/h2-7,12H,8-11H2,1H3. The van der Waals surface area contributed by atoms with E-state index in [0.717, 1.165) is 21.5 Å². The number of rotatable bonds is 3. The second kappa shape index (κ2) is 6.64. The van der Waals surface area contributed by atoms with E-state index in [1.807, 2.05) is 23.7 Å². The fourth-order valence-electron chi connectivity index (χ4n) is 3.17. The van der Waals surface area contributed by atoms with Crippen molar-refractivity contribution >= 4 is 37.3 Å². The van der Waals surface area contributed by atoms with Crippen LogP contribution in [0, 0.1) is 6.92 Å². The Morgan fingerprint density at radius 2 is 1.77 bits per heavy atom. The SMILES string of the molecule is Cc1cc2c(N3CCN(S(=O)(=O)c4ccc(Br)cc4)CC3)nccn2n1. The van der Waals surface area contributed by atoms with Crippen molar-refractivity contribution in [3.8, 4) is 0 Å². The van der Waals surface area contributed by atoms with E-state index in [-0.39, 0.29) is 0 Å². The van der Waals surface area contributed by atoms with E-state index in [1.54, 1.807) is 30.5 Å². The number of fused-ring (bicyclic) bond motifs is 1. The molecule has 0 bridgehead atoms. The number of nitrogens with zero attached hydrogens (tertiary/aromatic N) is 5. The van der Waals surface area contributed by atoms with Gasteiger partial charge in [0.2, 0.25) is 10.0 Å². The van der Waals surface area contributed by atoms with Crippen LogP contribution in [0.4, 0.5) is 5.82 Å². The average molecular weight is 436 g/mol. The summed E-state index contributed by atoms with van der Waals surface area (Å²) in [7, 11) is -3.47. The van der Waals surface area contributed by atoms with Crippen LogP contribution in [0.25, 0.3) is 5.52 Å². The van der Waals surface area contributed by atoms with Gasteiger partial charge in [-0.1, -0.05) is 15.9 Å². The van der Waals surface area contributed by atoms with E-state index >= 15 is 0 Å². The Kier molecular flexibility index (Phi) is 4.45. The molecule has 2 aromatic heterocycles. The molecule has 4 rings (SSSR count). The molecule has 1 aliphatic rings. The van der Waals surface area contributed by atoms with Gasteiger partial charge in [-0.25, -0.2) is 17.9 Å². The molecule has 26 heavy (non-hydrogen) atoms. The zero-order chi connectivity index (χ0) is 18.3. The van der Waals surface area contributed by atoms with Crippen LogP contribution in [0.3, 0.4) is 0 Å². The largest absolute Gasteiger partial charge is 0.352 e. The summed E-state index contributed by atoms with van der Waals surface area (Å²) in [4.78, 5) is 6.93. The third-order valence-corrected chi connectivity index (χ3v) is 6.92. The van der Waals surface area contributed by atoms with E-state index < -0.39 is 10.0 Å². The van der Waals surface area contributed by atoms with Gasteiger partial charge < -0.3 is 4.90 Å². The van der Waals surface area contributed by atoms with Crippen molar-refractivity contribution in [3.05, 3.63) is 52.9 Å². The van der Waals surface area contributed by atoms with E-state index in [4.69, 9.17) is 0 Å². The van der Waals surface area contributed by atoms with Crippen molar-refractivity contribution in [2.24, 2.45) is 0 Å². The zero-order valence-electron chi connectivity index (χ0n) is 14.2. The van der Waals surface area contributed by atoms with Gasteiger partial charge in [0.05, 0.1) is 10.6 Å². The van der Waals surface area contributed by atoms with Gasteiger partial charge in [0.15, 0.2) is 5.82 Å². The Bertz CT molecular complexity index is 1040. The third-order valence-electron chi connectivity index (χ3n) is 4.48. The lowest BCUT2D eigenvalue weighted by Gasteiger charge is -2.34. The number of aromatic nitrogens is 3. The van der Waals surface area contributed by atoms with Crippen LogP contribution >= 0.6 is 15.9 Å². The summed E-state index contributed by atoms with van der Waals surface area (Å²) < 4.78 is 29.8. The van der Waals surface area contributed by atoms with Crippen LogP contribution in [0.2, 0.25) is 0 Å². The monoisotopic (exact) mass is 435 g/mol. The number of halogens is 1. The van der Waals surface area contributed by atoms with Crippen molar-refractivity contribution in [2.45, 2.75) is 11.8 Å². The molecule has 9 heteroatoms. The number of anilines is 1. The molecule has 1 fully saturated rings. The highest BCUT2D eigenvalue weighted by molar-refractivity contribution is 9.10. The van der Waals surface area contributed by atoms with Gasteiger partial charge in [-0.2, -0.15) is 9.40 Å². The molecule has 0 spiro atoms. The number of sulfonamides is 1. The molecule has 1 saturated heterocycles. The van der Waals surface area contributed by atoms with E-state index in [2.05, 4.69) is 30.9 Å². The summed E-state index contributed by atoms with van der Waals surface area (Å²) in [6.45, 7) is 3.97. The van der Waals surface area contributed by atoms with Gasteiger partial charge in [-0.3, -0.25) is 0 Å². The lowest BCUT2D eigenvalue weighted by Crippen LogP contribution is -2.49. The number of aryl methyl sites for hydroxylation is 1. The second-order valence-electron chi connectivity index (χ2n) is 6.21. The molecule has 0 amide bonds. The molecule has 3 aromatic rings. The van der Waals surface area contributed by atoms with Gasteiger partial charge in [-0.15, -0.1) is 0 Å². The molecule has 7 nitrogen and oxygen atoms in total. The topological polar surface area (TPSA) is 70.8 Å². The normalized spacial score (nSPS) is 16.3. The summed E-state index contributed by atoms with van der Waals surface area (Å²) in [5.74, 6) is 0.841. The van der Waals surface area contributed by atoms with Crippen molar-refractivity contribution in [1.29, 1.82) is 0 Å². The van der Waals surface area contributed by atoms with Gasteiger partial charge in [0, 0.05) is 43.0 Å². The quantitative estimate of drug-likeness (QED) is 0.630. The van der Waals surface area contributed by atoms with Crippen molar-refractivity contribution in [3.63, 3.8) is 0 Å². The lowest BCUT2D eigenvalue weighted by molar-refractivity contribution is 0.384. The minimum absolute atomic E-state index is 0.320. The number of piperazine rings is 1. The average Bonchev–Trinajstić information content (AvgIpc) is 3.02. The predicted octanol–water partition coefficient (Wildman–Crippen LogP) is 2.31. The van der Waals surface area contributed by atoms with Crippen LogP contribution < -0.4 is 4.90 Å². The Hall–Kier alpha value is -1.97. The first-order valence-corrected chi connectivity index (χ1v) is 10.5. The first kappa shape index (κ1) is 17.4. The van der Waals surface area contributed by atoms with Gasteiger partial charge in [-0.05, 0) is 37.3 Å². The van der Waals surface area contributed by atoms with Crippen molar-refractivity contribution < 1.29 is 8.42 Å². The molecular formula is C17H18BrN5O2S. The smallest absolute Gasteiger partial charge is 0.243 e. The van der Waals surface area contributed by atoms with Gasteiger partial charge >= 0.3 is 0 Å². The summed E-state index contributed by atoms with van der Waals surface area (Å²) in [6.07, 6.45) is 3.54. The van der Waals surface area contributed by atoms with E-state index in [1.165, 1.54) is 4.31 Å². The molecule has 3 heterocycles. The second-order valence-corrected chi connectivity index (χ2v) is 9.07. The molecule has 0 saturated carbocycles. The van der Waals surface area contributed by atoms with E-state index in [9.17, 15) is 8.42 Å². The molecule has 0 N–H and O–H groups in total. The maximum atomic E-state index is 12.8. The molecule has 0 unspecified atom stereocenters. The molecule has 136 valence electrons. The Morgan fingerprint density at radius 3 is 2.46 bits per heavy atom. The molecule has 1 aromatic carbocycles. The van der Waals surface area contributed by atoms with Crippen LogP contribution in [0.1, 0.15) is 5.69 Å². The highest BCUT2D eigenvalue weighted by Crippen LogP contribution is 2.24. The number of hydrogen-bond acceptors (Lipinski definition) is 5. The molecule has 0 atom stereocenters. The summed E-state index contributed by atoms with van der Waals surface area (Å²) in [5.41, 5.74) is 1.87. The first-order valence-electron chi connectivity index (χ1n) is 8.27. The minimum atomic E-state index is -3.47.